The van der Waals surface area contributed by atoms with E-state index in [0.717, 1.165) is 13.1 Å². The van der Waals surface area contributed by atoms with E-state index in [9.17, 15) is 0 Å². The molecule has 0 saturated carbocycles. The summed E-state index contributed by atoms with van der Waals surface area (Å²) >= 11 is 0. The number of anilines is 1. The Balaban J connectivity index is 2.12. The van der Waals surface area contributed by atoms with Crippen LogP contribution in [0.25, 0.3) is 0 Å². The van der Waals surface area contributed by atoms with Gasteiger partial charge in [-0.25, -0.2) is 0 Å². The molecule has 88 valence electrons. The molecule has 0 saturated heterocycles. The van der Waals surface area contributed by atoms with Crippen LogP contribution >= 0.6 is 0 Å². The van der Waals surface area contributed by atoms with E-state index in [4.69, 9.17) is 5.73 Å². The highest BCUT2D eigenvalue weighted by atomic mass is 15.1. The number of benzene rings is 1. The van der Waals surface area contributed by atoms with E-state index in [0.29, 0.717) is 5.92 Å². The number of aryl methyl sites for hydroxylation is 1. The molecular formula is C14H22N2. The largest absolute Gasteiger partial charge is 0.371 e. The van der Waals surface area contributed by atoms with Crippen LogP contribution in [0.2, 0.25) is 0 Å². The van der Waals surface area contributed by atoms with Crippen LogP contribution in [-0.4, -0.2) is 19.6 Å². The predicted molar refractivity (Wildman–Crippen MR) is 69.8 cm³/mol. The van der Waals surface area contributed by atoms with Crippen LogP contribution in [0.15, 0.2) is 24.3 Å². The van der Waals surface area contributed by atoms with Crippen molar-refractivity contribution < 1.29 is 0 Å². The molecular weight excluding hydrogens is 196 g/mol. The molecule has 0 amide bonds. The van der Waals surface area contributed by atoms with E-state index >= 15 is 0 Å². The predicted octanol–water partition coefficient (Wildman–Crippen LogP) is 2.42. The number of hydrogen-bond acceptors (Lipinski definition) is 2. The molecule has 2 rings (SSSR count). The minimum Gasteiger partial charge on any atom is -0.371 e. The lowest BCUT2D eigenvalue weighted by Crippen LogP contribution is -2.36. The molecule has 2 nitrogen and oxygen atoms in total. The maximum Gasteiger partial charge on any atom is 0.0398 e. The Hall–Kier alpha value is -1.02. The Morgan fingerprint density at radius 1 is 1.38 bits per heavy atom. The van der Waals surface area contributed by atoms with Gasteiger partial charge in [-0.2, -0.15) is 0 Å². The Morgan fingerprint density at radius 3 is 2.94 bits per heavy atom. The Bertz CT molecular complexity index is 331. The molecule has 1 aromatic carbocycles. The summed E-state index contributed by atoms with van der Waals surface area (Å²) in [5.74, 6) is 0.631. The van der Waals surface area contributed by atoms with E-state index in [1.54, 1.807) is 0 Å². The third-order valence-electron chi connectivity index (χ3n) is 3.60. The summed E-state index contributed by atoms with van der Waals surface area (Å²) in [6, 6.07) is 8.78. The number of hydrogen-bond donors (Lipinski definition) is 1. The van der Waals surface area contributed by atoms with E-state index in [2.05, 4.69) is 36.1 Å². The second kappa shape index (κ2) is 5.35. The third-order valence-corrected chi connectivity index (χ3v) is 3.60. The minimum absolute atomic E-state index is 0.631. The van der Waals surface area contributed by atoms with Gasteiger partial charge in [-0.15, -0.1) is 0 Å². The summed E-state index contributed by atoms with van der Waals surface area (Å²) in [6.45, 7) is 5.33. The van der Waals surface area contributed by atoms with Crippen LogP contribution in [0.4, 0.5) is 5.69 Å². The van der Waals surface area contributed by atoms with E-state index in [-0.39, 0.29) is 0 Å². The van der Waals surface area contributed by atoms with Gasteiger partial charge in [0.05, 0.1) is 0 Å². The standard InChI is InChI=1S/C14H22N2/c1-2-12(10-15)11-16-9-5-7-13-6-3-4-8-14(13)16/h3-4,6,8,12H,2,5,7,9-11,15H2,1H3. The first-order valence-electron chi connectivity index (χ1n) is 6.38. The number of nitrogens with zero attached hydrogens (tertiary/aromatic N) is 1. The van der Waals surface area contributed by atoms with Gasteiger partial charge in [-0.05, 0) is 36.9 Å². The Labute approximate surface area is 98.4 Å². The molecule has 1 atom stereocenters. The van der Waals surface area contributed by atoms with Crippen LogP contribution in [0.3, 0.4) is 0 Å². The van der Waals surface area contributed by atoms with Gasteiger partial charge in [0.15, 0.2) is 0 Å². The molecule has 0 radical (unpaired) electrons. The molecule has 0 bridgehead atoms. The van der Waals surface area contributed by atoms with Gasteiger partial charge in [0.2, 0.25) is 0 Å². The molecule has 1 aliphatic heterocycles. The van der Waals surface area contributed by atoms with Crippen molar-refractivity contribution in [2.45, 2.75) is 26.2 Å². The average Bonchev–Trinajstić information content (AvgIpc) is 2.36. The van der Waals surface area contributed by atoms with Crippen molar-refractivity contribution in [1.82, 2.24) is 0 Å². The van der Waals surface area contributed by atoms with Gasteiger partial charge < -0.3 is 10.6 Å². The molecule has 0 aromatic heterocycles. The monoisotopic (exact) mass is 218 g/mol. The Kier molecular flexibility index (Phi) is 3.83. The van der Waals surface area contributed by atoms with Crippen LogP contribution in [0.5, 0.6) is 0 Å². The molecule has 0 aliphatic carbocycles. The summed E-state index contributed by atoms with van der Waals surface area (Å²) in [5, 5.41) is 0. The summed E-state index contributed by atoms with van der Waals surface area (Å²) in [7, 11) is 0. The number of fused-ring (bicyclic) bond motifs is 1. The van der Waals surface area contributed by atoms with Crippen molar-refractivity contribution in [1.29, 1.82) is 0 Å². The minimum atomic E-state index is 0.631. The fourth-order valence-electron chi connectivity index (χ4n) is 2.48. The number of nitrogens with two attached hydrogens (primary N) is 1. The maximum absolute atomic E-state index is 5.79. The normalized spacial score (nSPS) is 17.0. The van der Waals surface area contributed by atoms with Crippen molar-refractivity contribution in [2.24, 2.45) is 11.7 Å². The summed E-state index contributed by atoms with van der Waals surface area (Å²) in [6.07, 6.45) is 3.68. The molecule has 2 N–H and O–H groups in total. The van der Waals surface area contributed by atoms with Crippen LogP contribution in [0.1, 0.15) is 25.3 Å². The SMILES string of the molecule is CCC(CN)CN1CCCc2ccccc21. The first kappa shape index (κ1) is 11.5. The zero-order valence-electron chi connectivity index (χ0n) is 10.2. The molecule has 1 heterocycles. The summed E-state index contributed by atoms with van der Waals surface area (Å²) < 4.78 is 0. The van der Waals surface area contributed by atoms with Gasteiger partial charge in [0.1, 0.15) is 0 Å². The zero-order chi connectivity index (χ0) is 11.4. The molecule has 2 heteroatoms. The van der Waals surface area contributed by atoms with Crippen molar-refractivity contribution in [2.75, 3.05) is 24.5 Å². The second-order valence-corrected chi connectivity index (χ2v) is 4.69. The maximum atomic E-state index is 5.79. The molecule has 0 fully saturated rings. The fourth-order valence-corrected chi connectivity index (χ4v) is 2.48. The van der Waals surface area contributed by atoms with Crippen molar-refractivity contribution in [3.05, 3.63) is 29.8 Å². The number of para-hydroxylation sites is 1. The van der Waals surface area contributed by atoms with Crippen molar-refractivity contribution in [3.63, 3.8) is 0 Å². The van der Waals surface area contributed by atoms with Crippen LogP contribution in [0, 0.1) is 5.92 Å². The van der Waals surface area contributed by atoms with Crippen LogP contribution in [-0.2, 0) is 6.42 Å². The van der Waals surface area contributed by atoms with Gasteiger partial charge in [0.25, 0.3) is 0 Å². The zero-order valence-corrected chi connectivity index (χ0v) is 10.2. The van der Waals surface area contributed by atoms with Gasteiger partial charge in [-0.3, -0.25) is 0 Å². The van der Waals surface area contributed by atoms with Crippen molar-refractivity contribution in [3.8, 4) is 0 Å². The molecule has 0 spiro atoms. The number of rotatable bonds is 4. The molecule has 1 unspecified atom stereocenters. The highest BCUT2D eigenvalue weighted by Crippen LogP contribution is 2.27. The topological polar surface area (TPSA) is 29.3 Å². The smallest absolute Gasteiger partial charge is 0.0398 e. The van der Waals surface area contributed by atoms with Gasteiger partial charge in [0, 0.05) is 18.8 Å². The lowest BCUT2D eigenvalue weighted by Gasteiger charge is -2.33. The fraction of sp³-hybridized carbons (Fsp3) is 0.571. The van der Waals surface area contributed by atoms with E-state index in [1.165, 1.54) is 37.1 Å². The summed E-state index contributed by atoms with van der Waals surface area (Å²) in [4.78, 5) is 2.51. The Morgan fingerprint density at radius 2 is 2.19 bits per heavy atom. The van der Waals surface area contributed by atoms with E-state index < -0.39 is 0 Å². The molecule has 1 aromatic rings. The van der Waals surface area contributed by atoms with Crippen molar-refractivity contribution >= 4 is 5.69 Å². The highest BCUT2D eigenvalue weighted by Gasteiger charge is 2.18. The first-order chi connectivity index (χ1) is 7.85. The highest BCUT2D eigenvalue weighted by molar-refractivity contribution is 5.55. The van der Waals surface area contributed by atoms with Crippen LogP contribution < -0.4 is 10.6 Å². The van der Waals surface area contributed by atoms with Gasteiger partial charge >= 0.3 is 0 Å². The lowest BCUT2D eigenvalue weighted by molar-refractivity contribution is 0.499. The van der Waals surface area contributed by atoms with E-state index in [1.807, 2.05) is 0 Å². The average molecular weight is 218 g/mol. The quantitative estimate of drug-likeness (QED) is 0.841. The summed E-state index contributed by atoms with van der Waals surface area (Å²) in [5.41, 5.74) is 8.73. The van der Waals surface area contributed by atoms with Gasteiger partial charge in [-0.1, -0.05) is 31.5 Å². The lowest BCUT2D eigenvalue weighted by atomic mass is 9.99. The molecule has 16 heavy (non-hydrogen) atoms. The first-order valence-corrected chi connectivity index (χ1v) is 6.38. The molecule has 1 aliphatic rings. The third kappa shape index (κ3) is 2.38. The second-order valence-electron chi connectivity index (χ2n) is 4.69.